The zero-order valence-electron chi connectivity index (χ0n) is 11.9. The van der Waals surface area contributed by atoms with E-state index in [4.69, 9.17) is 0 Å². The maximum Gasteiger partial charge on any atom is 0.0414 e. The molecule has 2 heteroatoms. The van der Waals surface area contributed by atoms with E-state index in [0.717, 1.165) is 6.42 Å². The SMILES string of the molecule is IC1=C(I)C(c2cccc3ccccc23)c2ccccc2C1. The van der Waals surface area contributed by atoms with E-state index in [9.17, 15) is 0 Å². The third-order valence-corrected chi connectivity index (χ3v) is 7.63. The van der Waals surface area contributed by atoms with Crippen LogP contribution in [0.4, 0.5) is 0 Å². The molecule has 1 aliphatic rings. The van der Waals surface area contributed by atoms with Crippen LogP contribution < -0.4 is 0 Å². The van der Waals surface area contributed by atoms with Crippen molar-refractivity contribution >= 4 is 56.0 Å². The first-order valence-electron chi connectivity index (χ1n) is 7.35. The quantitative estimate of drug-likeness (QED) is 0.325. The molecule has 0 N–H and O–H groups in total. The van der Waals surface area contributed by atoms with Crippen molar-refractivity contribution < 1.29 is 0 Å². The summed E-state index contributed by atoms with van der Waals surface area (Å²) in [5.74, 6) is 0.364. The Labute approximate surface area is 157 Å². The third kappa shape index (κ3) is 2.40. The van der Waals surface area contributed by atoms with E-state index >= 15 is 0 Å². The maximum absolute atomic E-state index is 2.55. The van der Waals surface area contributed by atoms with E-state index in [-0.39, 0.29) is 0 Å². The third-order valence-electron chi connectivity index (χ3n) is 4.36. The van der Waals surface area contributed by atoms with Gasteiger partial charge in [-0.2, -0.15) is 0 Å². The first kappa shape index (κ1) is 14.7. The molecule has 0 saturated carbocycles. The van der Waals surface area contributed by atoms with Gasteiger partial charge in [0.25, 0.3) is 0 Å². The molecule has 4 rings (SSSR count). The van der Waals surface area contributed by atoms with Gasteiger partial charge in [-0.1, -0.05) is 66.7 Å². The van der Waals surface area contributed by atoms with E-state index in [1.165, 1.54) is 34.6 Å². The summed E-state index contributed by atoms with van der Waals surface area (Å²) in [5.41, 5.74) is 4.35. The lowest BCUT2D eigenvalue weighted by atomic mass is 9.81. The summed E-state index contributed by atoms with van der Waals surface area (Å²) in [6.07, 6.45) is 1.07. The van der Waals surface area contributed by atoms with E-state index in [2.05, 4.69) is 112 Å². The van der Waals surface area contributed by atoms with Gasteiger partial charge in [0.2, 0.25) is 0 Å². The van der Waals surface area contributed by atoms with Gasteiger partial charge in [0, 0.05) is 19.5 Å². The van der Waals surface area contributed by atoms with Crippen LogP contribution in [0.25, 0.3) is 10.8 Å². The van der Waals surface area contributed by atoms with Crippen LogP contribution in [-0.4, -0.2) is 0 Å². The molecule has 1 aliphatic carbocycles. The number of fused-ring (bicyclic) bond motifs is 2. The molecule has 1 atom stereocenters. The molecule has 108 valence electrons. The van der Waals surface area contributed by atoms with Crippen LogP contribution >= 0.6 is 45.2 Å². The predicted molar refractivity (Wildman–Crippen MR) is 111 cm³/mol. The largest absolute Gasteiger partial charge is 0.0620 e. The van der Waals surface area contributed by atoms with Gasteiger partial charge in [0.1, 0.15) is 0 Å². The molecule has 22 heavy (non-hydrogen) atoms. The van der Waals surface area contributed by atoms with E-state index in [1.807, 2.05) is 0 Å². The molecule has 0 aliphatic heterocycles. The zero-order valence-corrected chi connectivity index (χ0v) is 16.2. The van der Waals surface area contributed by atoms with E-state index in [1.54, 1.807) is 0 Å². The molecule has 3 aromatic carbocycles. The van der Waals surface area contributed by atoms with Crippen molar-refractivity contribution in [2.45, 2.75) is 12.3 Å². The van der Waals surface area contributed by atoms with Gasteiger partial charge in [-0.15, -0.1) is 0 Å². The monoisotopic (exact) mass is 508 g/mol. The van der Waals surface area contributed by atoms with Gasteiger partial charge in [-0.3, -0.25) is 0 Å². The molecule has 0 fully saturated rings. The fraction of sp³-hybridized carbons (Fsp3) is 0.100. The molecule has 3 aromatic rings. The first-order chi connectivity index (χ1) is 10.8. The van der Waals surface area contributed by atoms with Crippen LogP contribution in [0.3, 0.4) is 0 Å². The summed E-state index contributed by atoms with van der Waals surface area (Å²) in [5, 5.41) is 2.69. The van der Waals surface area contributed by atoms with Crippen LogP contribution in [0.1, 0.15) is 22.6 Å². The van der Waals surface area contributed by atoms with Crippen LogP contribution in [0, 0.1) is 0 Å². The molecule has 0 heterocycles. The summed E-state index contributed by atoms with van der Waals surface area (Å²) in [6, 6.07) is 24.3. The highest BCUT2D eigenvalue weighted by Gasteiger charge is 2.27. The highest BCUT2D eigenvalue weighted by Crippen LogP contribution is 2.46. The lowest BCUT2D eigenvalue weighted by Gasteiger charge is -2.28. The highest BCUT2D eigenvalue weighted by atomic mass is 127. The molecule has 0 aromatic heterocycles. The van der Waals surface area contributed by atoms with E-state index in [0.29, 0.717) is 5.92 Å². The van der Waals surface area contributed by atoms with Crippen molar-refractivity contribution in [2.75, 3.05) is 0 Å². The average Bonchev–Trinajstić information content (AvgIpc) is 2.56. The predicted octanol–water partition coefficient (Wildman–Crippen LogP) is 6.61. The number of allylic oxidation sites excluding steroid dienone is 2. The van der Waals surface area contributed by atoms with Crippen LogP contribution in [-0.2, 0) is 6.42 Å². The topological polar surface area (TPSA) is 0 Å². The van der Waals surface area contributed by atoms with Gasteiger partial charge in [-0.05, 0) is 72.6 Å². The Bertz CT molecular complexity index is 888. The minimum absolute atomic E-state index is 0.364. The molecule has 0 radical (unpaired) electrons. The second-order valence-electron chi connectivity index (χ2n) is 5.63. The van der Waals surface area contributed by atoms with Crippen molar-refractivity contribution in [1.29, 1.82) is 0 Å². The molecule has 1 unspecified atom stereocenters. The lowest BCUT2D eigenvalue weighted by molar-refractivity contribution is 0.952. The van der Waals surface area contributed by atoms with Gasteiger partial charge in [-0.25, -0.2) is 0 Å². The summed E-state index contributed by atoms with van der Waals surface area (Å²) >= 11 is 5.07. The summed E-state index contributed by atoms with van der Waals surface area (Å²) < 4.78 is 2.93. The Morgan fingerprint density at radius 3 is 2.32 bits per heavy atom. The fourth-order valence-corrected chi connectivity index (χ4v) is 4.91. The Kier molecular flexibility index (Phi) is 3.98. The molecule has 0 nitrogen and oxygen atoms in total. The maximum atomic E-state index is 2.55. The van der Waals surface area contributed by atoms with Crippen molar-refractivity contribution in [3.63, 3.8) is 0 Å². The molecular formula is C20H14I2. The molecule has 0 saturated heterocycles. The van der Waals surface area contributed by atoms with Crippen molar-refractivity contribution in [3.8, 4) is 0 Å². The normalized spacial score (nSPS) is 17.6. The number of hydrogen-bond acceptors (Lipinski definition) is 0. The summed E-state index contributed by atoms with van der Waals surface area (Å²) in [7, 11) is 0. The number of hydrogen-bond donors (Lipinski definition) is 0. The smallest absolute Gasteiger partial charge is 0.0414 e. The van der Waals surface area contributed by atoms with Crippen LogP contribution in [0.2, 0.25) is 0 Å². The minimum atomic E-state index is 0.364. The first-order valence-corrected chi connectivity index (χ1v) is 9.51. The van der Waals surface area contributed by atoms with Gasteiger partial charge in [0.15, 0.2) is 0 Å². The number of rotatable bonds is 1. The van der Waals surface area contributed by atoms with Gasteiger partial charge in [0.05, 0.1) is 0 Å². The summed E-state index contributed by atoms with van der Waals surface area (Å²) in [4.78, 5) is 0. The Hall–Kier alpha value is -0.880. The average molecular weight is 508 g/mol. The Balaban J connectivity index is 2.02. The lowest BCUT2D eigenvalue weighted by Crippen LogP contribution is -2.11. The van der Waals surface area contributed by atoms with Crippen molar-refractivity contribution in [1.82, 2.24) is 0 Å². The second-order valence-corrected chi connectivity index (χ2v) is 8.09. The van der Waals surface area contributed by atoms with Crippen LogP contribution in [0.5, 0.6) is 0 Å². The fourth-order valence-electron chi connectivity index (χ4n) is 3.33. The van der Waals surface area contributed by atoms with Crippen molar-refractivity contribution in [2.24, 2.45) is 0 Å². The molecule has 0 spiro atoms. The summed E-state index contributed by atoms with van der Waals surface area (Å²) in [6.45, 7) is 0. The molecular weight excluding hydrogens is 494 g/mol. The Morgan fingerprint density at radius 1 is 0.727 bits per heavy atom. The number of halogens is 2. The van der Waals surface area contributed by atoms with Crippen molar-refractivity contribution in [3.05, 3.63) is 90.6 Å². The Morgan fingerprint density at radius 2 is 1.41 bits per heavy atom. The van der Waals surface area contributed by atoms with E-state index < -0.39 is 0 Å². The highest BCUT2D eigenvalue weighted by molar-refractivity contribution is 14.1. The molecule has 0 amide bonds. The van der Waals surface area contributed by atoms with Gasteiger partial charge >= 0.3 is 0 Å². The zero-order chi connectivity index (χ0) is 15.1. The standard InChI is InChI=1S/C20H14I2/c21-18-12-14-7-2-4-10-16(14)19(20(18)22)17-11-5-8-13-6-1-3-9-15(13)17/h1-11,19H,12H2. The van der Waals surface area contributed by atoms with Crippen LogP contribution in [0.15, 0.2) is 73.9 Å². The molecule has 0 bridgehead atoms. The van der Waals surface area contributed by atoms with Gasteiger partial charge < -0.3 is 0 Å². The minimum Gasteiger partial charge on any atom is -0.0620 e. The number of benzene rings is 3. The second kappa shape index (κ2) is 5.96.